The molecule has 3 unspecified atom stereocenters. The van der Waals surface area contributed by atoms with Crippen LogP contribution in [0.2, 0.25) is 0 Å². The molecule has 1 aromatic carbocycles. The Morgan fingerprint density at radius 2 is 1.63 bits per heavy atom. The van der Waals surface area contributed by atoms with Crippen molar-refractivity contribution in [1.82, 2.24) is 0 Å². The molecule has 1 heteroatoms. The summed E-state index contributed by atoms with van der Waals surface area (Å²) in [5.74, 6) is 3.39. The molecule has 2 saturated carbocycles. The van der Waals surface area contributed by atoms with Crippen LogP contribution in [0.25, 0.3) is 0 Å². The molecule has 0 aliphatic heterocycles. The molecule has 19 heavy (non-hydrogen) atoms. The van der Waals surface area contributed by atoms with E-state index in [0.29, 0.717) is 0 Å². The van der Waals surface area contributed by atoms with Gasteiger partial charge in [-0.1, -0.05) is 51.0 Å². The number of benzene rings is 1. The topological polar surface area (TPSA) is 26.0 Å². The van der Waals surface area contributed by atoms with Crippen LogP contribution in [0.5, 0.6) is 0 Å². The molecular formula is C18H27N. The van der Waals surface area contributed by atoms with Crippen LogP contribution >= 0.6 is 0 Å². The second-order valence-electron chi connectivity index (χ2n) is 7.05. The van der Waals surface area contributed by atoms with Gasteiger partial charge in [0.05, 0.1) is 0 Å². The number of nitrogens with two attached hydrogens (primary N) is 1. The molecule has 2 aliphatic rings. The summed E-state index contributed by atoms with van der Waals surface area (Å²) in [5.41, 5.74) is 9.31. The molecular weight excluding hydrogens is 230 g/mol. The predicted molar refractivity (Wildman–Crippen MR) is 80.9 cm³/mol. The average molecular weight is 257 g/mol. The first-order chi connectivity index (χ1) is 9.16. The molecule has 2 aliphatic carbocycles. The molecule has 104 valence electrons. The molecule has 1 nitrogen and oxygen atoms in total. The lowest BCUT2D eigenvalue weighted by atomic mass is 9.97. The summed E-state index contributed by atoms with van der Waals surface area (Å²) in [7, 11) is 0. The van der Waals surface area contributed by atoms with Gasteiger partial charge in [-0.25, -0.2) is 0 Å². The van der Waals surface area contributed by atoms with Crippen molar-refractivity contribution in [3.8, 4) is 0 Å². The second-order valence-corrected chi connectivity index (χ2v) is 7.05. The highest BCUT2D eigenvalue weighted by atomic mass is 14.7. The Bertz CT molecular complexity index is 408. The summed E-state index contributed by atoms with van der Waals surface area (Å²) in [5, 5.41) is 0. The van der Waals surface area contributed by atoms with Crippen molar-refractivity contribution < 1.29 is 0 Å². The third-order valence-corrected chi connectivity index (χ3v) is 5.15. The van der Waals surface area contributed by atoms with E-state index in [1.54, 1.807) is 0 Å². The van der Waals surface area contributed by atoms with E-state index in [2.05, 4.69) is 38.1 Å². The van der Waals surface area contributed by atoms with E-state index in [1.165, 1.54) is 43.2 Å². The van der Waals surface area contributed by atoms with Gasteiger partial charge in [-0.2, -0.15) is 0 Å². The van der Waals surface area contributed by atoms with Crippen LogP contribution in [-0.4, -0.2) is 0 Å². The maximum atomic E-state index is 6.51. The fourth-order valence-corrected chi connectivity index (χ4v) is 4.15. The van der Waals surface area contributed by atoms with Gasteiger partial charge in [-0.3, -0.25) is 0 Å². The summed E-state index contributed by atoms with van der Waals surface area (Å²) in [6, 6.07) is 9.38. The van der Waals surface area contributed by atoms with E-state index in [-0.39, 0.29) is 6.04 Å². The zero-order chi connectivity index (χ0) is 13.4. The van der Waals surface area contributed by atoms with Gasteiger partial charge in [-0.05, 0) is 54.1 Å². The highest BCUT2D eigenvalue weighted by Crippen LogP contribution is 2.59. The Labute approximate surface area is 117 Å². The lowest BCUT2D eigenvalue weighted by molar-refractivity contribution is 0.480. The van der Waals surface area contributed by atoms with Crippen LogP contribution in [0.1, 0.15) is 56.7 Å². The normalized spacial score (nSPS) is 31.1. The van der Waals surface area contributed by atoms with Gasteiger partial charge >= 0.3 is 0 Å². The summed E-state index contributed by atoms with van der Waals surface area (Å²) < 4.78 is 0. The Morgan fingerprint density at radius 1 is 1.05 bits per heavy atom. The second kappa shape index (κ2) is 5.28. The zero-order valence-electron chi connectivity index (χ0n) is 12.3. The average Bonchev–Trinajstić information content (AvgIpc) is 3.12. The predicted octanol–water partition coefficient (Wildman–Crippen LogP) is 4.32. The van der Waals surface area contributed by atoms with Crippen LogP contribution in [0.15, 0.2) is 24.3 Å². The molecule has 3 atom stereocenters. The smallest absolute Gasteiger partial charge is 0.0329 e. The molecule has 0 saturated heterocycles. The van der Waals surface area contributed by atoms with Crippen LogP contribution < -0.4 is 5.73 Å². The summed E-state index contributed by atoms with van der Waals surface area (Å²) >= 11 is 0. The quantitative estimate of drug-likeness (QED) is 0.854. The number of rotatable bonds is 4. The highest BCUT2D eigenvalue weighted by Gasteiger charge is 2.53. The van der Waals surface area contributed by atoms with Crippen molar-refractivity contribution in [1.29, 1.82) is 0 Å². The van der Waals surface area contributed by atoms with Crippen molar-refractivity contribution in [3.05, 3.63) is 35.4 Å². The number of fused-ring (bicyclic) bond motifs is 1. The molecule has 2 N–H and O–H groups in total. The first kappa shape index (κ1) is 13.2. The first-order valence-electron chi connectivity index (χ1n) is 8.01. The minimum Gasteiger partial charge on any atom is -0.324 e. The van der Waals surface area contributed by atoms with Gasteiger partial charge in [0.15, 0.2) is 0 Å². The van der Waals surface area contributed by atoms with Crippen molar-refractivity contribution in [2.24, 2.45) is 29.4 Å². The standard InChI is InChI=1S/C18H27N/c1-12(2)11-13-7-9-14(10-8-13)18(19)17-15-5-3-4-6-16(15)17/h7-10,12,15-18H,3-6,11,19H2,1-2H3. The lowest BCUT2D eigenvalue weighted by Crippen LogP contribution is -2.14. The first-order valence-corrected chi connectivity index (χ1v) is 8.01. The van der Waals surface area contributed by atoms with E-state index in [1.807, 2.05) is 0 Å². The summed E-state index contributed by atoms with van der Waals surface area (Å²) in [4.78, 5) is 0. The summed E-state index contributed by atoms with van der Waals surface area (Å²) in [6.07, 6.45) is 6.88. The lowest BCUT2D eigenvalue weighted by Gasteiger charge is -2.13. The Kier molecular flexibility index (Phi) is 3.66. The molecule has 2 fully saturated rings. The van der Waals surface area contributed by atoms with Crippen LogP contribution in [0, 0.1) is 23.7 Å². The van der Waals surface area contributed by atoms with E-state index >= 15 is 0 Å². The molecule has 0 radical (unpaired) electrons. The van der Waals surface area contributed by atoms with E-state index < -0.39 is 0 Å². The minimum absolute atomic E-state index is 0.279. The molecule has 0 spiro atoms. The van der Waals surface area contributed by atoms with E-state index in [9.17, 15) is 0 Å². The molecule has 0 amide bonds. The van der Waals surface area contributed by atoms with Crippen molar-refractivity contribution in [2.75, 3.05) is 0 Å². The third kappa shape index (κ3) is 2.72. The monoisotopic (exact) mass is 257 g/mol. The Morgan fingerprint density at radius 3 is 2.16 bits per heavy atom. The van der Waals surface area contributed by atoms with Crippen LogP contribution in [-0.2, 0) is 6.42 Å². The van der Waals surface area contributed by atoms with Crippen molar-refractivity contribution >= 4 is 0 Å². The maximum absolute atomic E-state index is 6.51. The zero-order valence-corrected chi connectivity index (χ0v) is 12.3. The van der Waals surface area contributed by atoms with Crippen LogP contribution in [0.4, 0.5) is 0 Å². The highest BCUT2D eigenvalue weighted by molar-refractivity contribution is 5.27. The van der Waals surface area contributed by atoms with Crippen LogP contribution in [0.3, 0.4) is 0 Å². The molecule has 0 bridgehead atoms. The molecule has 1 aromatic rings. The maximum Gasteiger partial charge on any atom is 0.0329 e. The van der Waals surface area contributed by atoms with Gasteiger partial charge in [0.25, 0.3) is 0 Å². The number of hydrogen-bond donors (Lipinski definition) is 1. The van der Waals surface area contributed by atoms with Crippen molar-refractivity contribution in [3.63, 3.8) is 0 Å². The fourth-order valence-electron chi connectivity index (χ4n) is 4.15. The van der Waals surface area contributed by atoms with E-state index in [0.717, 1.165) is 23.7 Å². The van der Waals surface area contributed by atoms with Gasteiger partial charge in [0, 0.05) is 6.04 Å². The number of hydrogen-bond acceptors (Lipinski definition) is 1. The van der Waals surface area contributed by atoms with Gasteiger partial charge in [0.2, 0.25) is 0 Å². The molecule has 0 heterocycles. The largest absolute Gasteiger partial charge is 0.324 e. The fraction of sp³-hybridized carbons (Fsp3) is 0.667. The van der Waals surface area contributed by atoms with Gasteiger partial charge in [0.1, 0.15) is 0 Å². The van der Waals surface area contributed by atoms with Gasteiger partial charge < -0.3 is 5.73 Å². The van der Waals surface area contributed by atoms with Crippen molar-refractivity contribution in [2.45, 2.75) is 52.0 Å². The molecule has 0 aromatic heterocycles. The minimum atomic E-state index is 0.279. The SMILES string of the molecule is CC(C)Cc1ccc(C(N)C2C3CCCCC32)cc1. The Balaban J connectivity index is 1.65. The van der Waals surface area contributed by atoms with Gasteiger partial charge in [-0.15, -0.1) is 0 Å². The molecule has 3 rings (SSSR count). The van der Waals surface area contributed by atoms with E-state index in [4.69, 9.17) is 5.73 Å². The summed E-state index contributed by atoms with van der Waals surface area (Å²) in [6.45, 7) is 4.54. The Hall–Kier alpha value is -0.820. The third-order valence-electron chi connectivity index (χ3n) is 5.15.